The van der Waals surface area contributed by atoms with Crippen molar-refractivity contribution in [3.8, 4) is 0 Å². The second-order valence-corrected chi connectivity index (χ2v) is 3.03. The number of rotatable bonds is 3. The van der Waals surface area contributed by atoms with Gasteiger partial charge in [0.15, 0.2) is 0 Å². The van der Waals surface area contributed by atoms with Crippen LogP contribution in [-0.4, -0.2) is 10.9 Å². The highest BCUT2D eigenvalue weighted by Crippen LogP contribution is 2.11. The molecule has 0 aromatic heterocycles. The molecule has 0 saturated carbocycles. The van der Waals surface area contributed by atoms with Crippen LogP contribution in [0.1, 0.15) is 18.1 Å². The molecule has 0 amide bonds. The maximum atomic E-state index is 10.8. The summed E-state index contributed by atoms with van der Waals surface area (Å²) in [6, 6.07) is 7.18. The maximum absolute atomic E-state index is 10.8. The third-order valence-electron chi connectivity index (χ3n) is 1.71. The van der Waals surface area contributed by atoms with E-state index in [0.717, 1.165) is 5.56 Å². The molecule has 0 bridgehead atoms. The molecular formula is C11H12O2. The predicted molar refractivity (Wildman–Crippen MR) is 52.5 cm³/mol. The topological polar surface area (TPSA) is 37.3 Å². The summed E-state index contributed by atoms with van der Waals surface area (Å²) in [4.78, 5) is 10.8. The van der Waals surface area contributed by atoms with Gasteiger partial charge in [0, 0.05) is 12.0 Å². The van der Waals surface area contributed by atoms with Gasteiger partial charge in [-0.25, -0.2) is 0 Å². The van der Waals surface area contributed by atoms with Crippen LogP contribution in [0.15, 0.2) is 30.8 Å². The van der Waals surface area contributed by atoms with E-state index < -0.39 is 0 Å². The summed E-state index contributed by atoms with van der Waals surface area (Å²) < 4.78 is 0. The summed E-state index contributed by atoms with van der Waals surface area (Å²) in [5.41, 5.74) is 1.57. The minimum Gasteiger partial charge on any atom is -0.508 e. The summed E-state index contributed by atoms with van der Waals surface area (Å²) in [6.07, 6.45) is 0.404. The average molecular weight is 176 g/mol. The number of Topliss-reactive ketones (excluding diaryl/α,β-unsaturated/α-hetero) is 1. The number of benzene rings is 1. The molecule has 0 fully saturated rings. The largest absolute Gasteiger partial charge is 0.508 e. The summed E-state index contributed by atoms with van der Waals surface area (Å²) in [5, 5.41) is 9.10. The van der Waals surface area contributed by atoms with Crippen LogP contribution < -0.4 is 0 Å². The van der Waals surface area contributed by atoms with Gasteiger partial charge in [0.1, 0.15) is 11.5 Å². The SMILES string of the molecule is C=C(O)c1cccc(CC(C)=O)c1. The second-order valence-electron chi connectivity index (χ2n) is 3.03. The molecule has 0 saturated heterocycles. The Morgan fingerprint density at radius 3 is 2.77 bits per heavy atom. The number of hydrogen-bond acceptors (Lipinski definition) is 2. The third kappa shape index (κ3) is 2.75. The van der Waals surface area contributed by atoms with E-state index in [1.807, 2.05) is 6.07 Å². The Morgan fingerprint density at radius 2 is 2.23 bits per heavy atom. The van der Waals surface area contributed by atoms with Gasteiger partial charge >= 0.3 is 0 Å². The van der Waals surface area contributed by atoms with E-state index in [2.05, 4.69) is 6.58 Å². The van der Waals surface area contributed by atoms with E-state index in [0.29, 0.717) is 12.0 Å². The summed E-state index contributed by atoms with van der Waals surface area (Å²) >= 11 is 0. The van der Waals surface area contributed by atoms with Gasteiger partial charge in [-0.1, -0.05) is 24.8 Å². The molecule has 0 spiro atoms. The zero-order valence-electron chi connectivity index (χ0n) is 7.58. The smallest absolute Gasteiger partial charge is 0.134 e. The molecule has 13 heavy (non-hydrogen) atoms. The standard InChI is InChI=1S/C11H12O2/c1-8(12)6-10-4-3-5-11(7-10)9(2)13/h3-5,7,13H,2,6H2,1H3. The van der Waals surface area contributed by atoms with Crippen molar-refractivity contribution in [2.75, 3.05) is 0 Å². The van der Waals surface area contributed by atoms with Crippen LogP contribution in [0.5, 0.6) is 0 Å². The molecular weight excluding hydrogens is 164 g/mol. The number of ketones is 1. The molecule has 0 atom stereocenters. The molecule has 0 aliphatic carbocycles. The fourth-order valence-corrected chi connectivity index (χ4v) is 1.15. The Bertz CT molecular complexity index is 340. The molecule has 0 unspecified atom stereocenters. The molecule has 1 aromatic carbocycles. The van der Waals surface area contributed by atoms with Gasteiger partial charge in [0.25, 0.3) is 0 Å². The molecule has 0 radical (unpaired) electrons. The molecule has 2 heteroatoms. The van der Waals surface area contributed by atoms with Crippen molar-refractivity contribution in [3.05, 3.63) is 42.0 Å². The van der Waals surface area contributed by atoms with Gasteiger partial charge < -0.3 is 5.11 Å². The first-order valence-corrected chi connectivity index (χ1v) is 4.06. The summed E-state index contributed by atoms with van der Waals surface area (Å²) in [7, 11) is 0. The maximum Gasteiger partial charge on any atom is 0.134 e. The number of carbonyl (C=O) groups excluding carboxylic acids is 1. The quantitative estimate of drug-likeness (QED) is 0.718. The van der Waals surface area contributed by atoms with Crippen LogP contribution in [0.25, 0.3) is 5.76 Å². The Morgan fingerprint density at radius 1 is 1.54 bits per heavy atom. The van der Waals surface area contributed by atoms with Crippen molar-refractivity contribution in [3.63, 3.8) is 0 Å². The normalized spacial score (nSPS) is 9.62. The molecule has 1 N–H and O–H groups in total. The molecule has 68 valence electrons. The summed E-state index contributed by atoms with van der Waals surface area (Å²) in [6.45, 7) is 4.96. The Labute approximate surface area is 77.5 Å². The Kier molecular flexibility index (Phi) is 2.85. The van der Waals surface area contributed by atoms with Crippen molar-refractivity contribution in [1.82, 2.24) is 0 Å². The van der Waals surface area contributed by atoms with Crippen LogP contribution in [0.3, 0.4) is 0 Å². The van der Waals surface area contributed by atoms with Gasteiger partial charge in [-0.3, -0.25) is 4.79 Å². The molecule has 0 heterocycles. The van der Waals surface area contributed by atoms with E-state index >= 15 is 0 Å². The molecule has 0 aliphatic rings. The van der Waals surface area contributed by atoms with E-state index in [-0.39, 0.29) is 11.5 Å². The zero-order valence-corrected chi connectivity index (χ0v) is 7.58. The zero-order chi connectivity index (χ0) is 9.84. The van der Waals surface area contributed by atoms with E-state index in [4.69, 9.17) is 5.11 Å². The molecule has 0 aliphatic heterocycles. The van der Waals surface area contributed by atoms with Gasteiger partial charge in [0.2, 0.25) is 0 Å². The van der Waals surface area contributed by atoms with Crippen LogP contribution >= 0.6 is 0 Å². The lowest BCUT2D eigenvalue weighted by molar-refractivity contribution is -0.116. The molecule has 1 aromatic rings. The highest BCUT2D eigenvalue weighted by atomic mass is 16.3. The first kappa shape index (κ1) is 9.52. The highest BCUT2D eigenvalue weighted by molar-refractivity contribution is 5.78. The Hall–Kier alpha value is -1.57. The van der Waals surface area contributed by atoms with E-state index in [1.54, 1.807) is 25.1 Å². The van der Waals surface area contributed by atoms with Crippen molar-refractivity contribution in [1.29, 1.82) is 0 Å². The first-order chi connectivity index (χ1) is 6.09. The fourth-order valence-electron chi connectivity index (χ4n) is 1.15. The molecule has 1 rings (SSSR count). The van der Waals surface area contributed by atoms with Crippen molar-refractivity contribution >= 4 is 11.5 Å². The van der Waals surface area contributed by atoms with E-state index in [1.165, 1.54) is 0 Å². The lowest BCUT2D eigenvalue weighted by Gasteiger charge is -2.01. The van der Waals surface area contributed by atoms with Crippen LogP contribution in [0, 0.1) is 0 Å². The van der Waals surface area contributed by atoms with Crippen LogP contribution in [0.4, 0.5) is 0 Å². The second kappa shape index (κ2) is 3.90. The number of hydrogen-bond donors (Lipinski definition) is 1. The highest BCUT2D eigenvalue weighted by Gasteiger charge is 2.00. The monoisotopic (exact) mass is 176 g/mol. The number of aliphatic hydroxyl groups is 1. The van der Waals surface area contributed by atoms with Crippen LogP contribution in [0.2, 0.25) is 0 Å². The average Bonchev–Trinajstić information content (AvgIpc) is 2.03. The number of carbonyl (C=O) groups is 1. The van der Waals surface area contributed by atoms with Crippen molar-refractivity contribution in [2.45, 2.75) is 13.3 Å². The number of aliphatic hydroxyl groups excluding tert-OH is 1. The molecule has 2 nitrogen and oxygen atoms in total. The lowest BCUT2D eigenvalue weighted by Crippen LogP contribution is -1.96. The minimum atomic E-state index is 0.0328. The predicted octanol–water partition coefficient (Wildman–Crippen LogP) is 2.35. The minimum absolute atomic E-state index is 0.0328. The van der Waals surface area contributed by atoms with Crippen molar-refractivity contribution in [2.24, 2.45) is 0 Å². The summed E-state index contributed by atoms with van der Waals surface area (Å²) in [5.74, 6) is 0.145. The van der Waals surface area contributed by atoms with Crippen molar-refractivity contribution < 1.29 is 9.90 Å². The Balaban J connectivity index is 2.91. The van der Waals surface area contributed by atoms with Gasteiger partial charge in [0.05, 0.1) is 0 Å². The first-order valence-electron chi connectivity index (χ1n) is 4.06. The van der Waals surface area contributed by atoms with E-state index in [9.17, 15) is 4.79 Å². The van der Waals surface area contributed by atoms with Gasteiger partial charge in [-0.2, -0.15) is 0 Å². The fraction of sp³-hybridized carbons (Fsp3) is 0.182. The van der Waals surface area contributed by atoms with Crippen LogP contribution in [-0.2, 0) is 11.2 Å². The lowest BCUT2D eigenvalue weighted by atomic mass is 10.1. The van der Waals surface area contributed by atoms with Gasteiger partial charge in [-0.05, 0) is 18.6 Å². The van der Waals surface area contributed by atoms with Gasteiger partial charge in [-0.15, -0.1) is 0 Å². The third-order valence-corrected chi connectivity index (χ3v) is 1.71.